The van der Waals surface area contributed by atoms with Crippen LogP contribution < -0.4 is 5.32 Å². The first-order valence-corrected chi connectivity index (χ1v) is 10.6. The summed E-state index contributed by atoms with van der Waals surface area (Å²) in [6.07, 6.45) is 4.06. The van der Waals surface area contributed by atoms with Crippen LogP contribution in [0.15, 0.2) is 47.4 Å². The normalized spacial score (nSPS) is 14.0. The summed E-state index contributed by atoms with van der Waals surface area (Å²) in [5, 5.41) is 7.31. The monoisotopic (exact) mass is 397 g/mol. The van der Waals surface area contributed by atoms with Crippen LogP contribution in [-0.2, 0) is 23.6 Å². The minimum Gasteiger partial charge on any atom is -0.320 e. The summed E-state index contributed by atoms with van der Waals surface area (Å²) in [6.45, 7) is 2.01. The van der Waals surface area contributed by atoms with Crippen LogP contribution in [-0.4, -0.2) is 26.2 Å². The quantitative estimate of drug-likeness (QED) is 0.728. The molecule has 0 fully saturated rings. The van der Waals surface area contributed by atoms with E-state index < -0.39 is 16.6 Å². The number of carbonyl (C=O) groups excluding carboxylic acids is 1. The molecule has 4 rings (SSSR count). The van der Waals surface area contributed by atoms with Gasteiger partial charge in [-0.15, -0.1) is 0 Å². The van der Waals surface area contributed by atoms with Crippen LogP contribution in [0.25, 0.3) is 5.69 Å². The Hall–Kier alpha value is -2.80. The van der Waals surface area contributed by atoms with Crippen LogP contribution in [0.5, 0.6) is 0 Å². The number of rotatable bonds is 4. The highest BCUT2D eigenvalue weighted by molar-refractivity contribution is 7.84. The second-order valence-corrected chi connectivity index (χ2v) is 8.23. The van der Waals surface area contributed by atoms with Gasteiger partial charge < -0.3 is 5.32 Å². The molecule has 1 atom stereocenters. The van der Waals surface area contributed by atoms with E-state index in [2.05, 4.69) is 10.4 Å². The topological polar surface area (TPSA) is 64.0 Å². The minimum absolute atomic E-state index is 0.114. The Morgan fingerprint density at radius 1 is 1.21 bits per heavy atom. The molecule has 28 heavy (non-hydrogen) atoms. The fraction of sp³-hybridized carbons (Fsp3) is 0.238. The number of nitrogens with one attached hydrogen (secondary N) is 1. The molecule has 1 aliphatic rings. The standard InChI is InChI=1S/C21H20FN3O2S/c1-13-6-3-4-8-17(13)25-18-9-5-7-15(18)20(24-25)21(26)23-14-10-11-19(28(2)27)16(22)12-14/h3-4,6,8,10-12H,5,7,9H2,1-2H3,(H,23,26)/t28-/m1/s1. The number of aryl methyl sites for hydroxylation is 1. The van der Waals surface area contributed by atoms with Crippen molar-refractivity contribution in [2.45, 2.75) is 31.1 Å². The second-order valence-electron chi connectivity index (χ2n) is 6.88. The van der Waals surface area contributed by atoms with E-state index in [1.54, 1.807) is 6.07 Å². The van der Waals surface area contributed by atoms with Gasteiger partial charge in [0.05, 0.1) is 21.4 Å². The average molecular weight is 397 g/mol. The highest BCUT2D eigenvalue weighted by Crippen LogP contribution is 2.29. The number of nitrogens with zero attached hydrogens (tertiary/aromatic N) is 2. The number of halogens is 1. The molecule has 5 nitrogen and oxygen atoms in total. The smallest absolute Gasteiger partial charge is 0.276 e. The number of hydrogen-bond acceptors (Lipinski definition) is 3. The fourth-order valence-electron chi connectivity index (χ4n) is 3.62. The molecule has 0 spiro atoms. The van der Waals surface area contributed by atoms with E-state index in [-0.39, 0.29) is 10.8 Å². The van der Waals surface area contributed by atoms with Gasteiger partial charge in [-0.1, -0.05) is 18.2 Å². The van der Waals surface area contributed by atoms with E-state index >= 15 is 0 Å². The molecule has 0 saturated carbocycles. The Bertz CT molecular complexity index is 1110. The maximum Gasteiger partial charge on any atom is 0.276 e. The Morgan fingerprint density at radius 3 is 2.71 bits per heavy atom. The van der Waals surface area contributed by atoms with E-state index in [0.717, 1.165) is 41.8 Å². The van der Waals surface area contributed by atoms with Gasteiger partial charge in [-0.25, -0.2) is 9.07 Å². The van der Waals surface area contributed by atoms with Gasteiger partial charge in [-0.05, 0) is 56.0 Å². The van der Waals surface area contributed by atoms with Crippen LogP contribution in [0.3, 0.4) is 0 Å². The zero-order chi connectivity index (χ0) is 19.8. The molecule has 3 aromatic rings. The van der Waals surface area contributed by atoms with Crippen molar-refractivity contribution in [3.63, 3.8) is 0 Å². The Balaban J connectivity index is 1.68. The molecule has 1 aromatic heterocycles. The van der Waals surface area contributed by atoms with E-state index in [0.29, 0.717) is 11.4 Å². The minimum atomic E-state index is -1.42. The van der Waals surface area contributed by atoms with Crippen molar-refractivity contribution in [2.24, 2.45) is 0 Å². The number of carbonyl (C=O) groups is 1. The maximum absolute atomic E-state index is 14.1. The van der Waals surface area contributed by atoms with Gasteiger partial charge in [-0.3, -0.25) is 9.00 Å². The van der Waals surface area contributed by atoms with Crippen molar-refractivity contribution in [2.75, 3.05) is 11.6 Å². The van der Waals surface area contributed by atoms with Crippen molar-refractivity contribution in [3.05, 3.63) is 70.8 Å². The predicted molar refractivity (Wildman–Crippen MR) is 107 cm³/mol. The molecule has 1 aliphatic carbocycles. The van der Waals surface area contributed by atoms with Gasteiger partial charge in [0.15, 0.2) is 5.69 Å². The highest BCUT2D eigenvalue weighted by Gasteiger charge is 2.27. The third kappa shape index (κ3) is 3.26. The van der Waals surface area contributed by atoms with Crippen LogP contribution in [0, 0.1) is 12.7 Å². The van der Waals surface area contributed by atoms with E-state index in [4.69, 9.17) is 0 Å². The molecular formula is C21H20FN3O2S. The van der Waals surface area contributed by atoms with E-state index in [1.165, 1.54) is 18.4 Å². The van der Waals surface area contributed by atoms with Crippen LogP contribution in [0.2, 0.25) is 0 Å². The molecule has 144 valence electrons. The van der Waals surface area contributed by atoms with Gasteiger partial charge in [0, 0.05) is 23.2 Å². The number of benzene rings is 2. The Labute approximate surface area is 165 Å². The Morgan fingerprint density at radius 2 is 2.00 bits per heavy atom. The first-order valence-electron chi connectivity index (χ1n) is 9.07. The maximum atomic E-state index is 14.1. The summed E-state index contributed by atoms with van der Waals surface area (Å²) >= 11 is 0. The Kier molecular flexibility index (Phi) is 4.85. The zero-order valence-corrected chi connectivity index (χ0v) is 16.5. The summed E-state index contributed by atoms with van der Waals surface area (Å²) in [5.41, 5.74) is 4.74. The van der Waals surface area contributed by atoms with Gasteiger partial charge in [0.25, 0.3) is 5.91 Å². The van der Waals surface area contributed by atoms with Crippen molar-refractivity contribution in [3.8, 4) is 5.69 Å². The number of para-hydroxylation sites is 1. The molecule has 0 unspecified atom stereocenters. The third-order valence-corrected chi connectivity index (χ3v) is 5.94. The van der Waals surface area contributed by atoms with E-state index in [9.17, 15) is 13.4 Å². The molecule has 7 heteroatoms. The lowest BCUT2D eigenvalue weighted by Crippen LogP contribution is -2.15. The molecular weight excluding hydrogens is 377 g/mol. The fourth-order valence-corrected chi connectivity index (χ4v) is 4.22. The molecule has 0 saturated heterocycles. The molecule has 2 aromatic carbocycles. The number of fused-ring (bicyclic) bond motifs is 1. The molecule has 0 aliphatic heterocycles. The summed E-state index contributed by atoms with van der Waals surface area (Å²) in [4.78, 5) is 13.0. The third-order valence-electron chi connectivity index (χ3n) is 4.99. The summed E-state index contributed by atoms with van der Waals surface area (Å²) in [5.74, 6) is -0.968. The highest BCUT2D eigenvalue weighted by atomic mass is 32.2. The van der Waals surface area contributed by atoms with Crippen molar-refractivity contribution < 1.29 is 13.4 Å². The molecule has 1 amide bonds. The van der Waals surface area contributed by atoms with Crippen molar-refractivity contribution >= 4 is 22.4 Å². The first-order chi connectivity index (χ1) is 13.5. The molecule has 0 radical (unpaired) electrons. The molecule has 1 heterocycles. The van der Waals surface area contributed by atoms with Gasteiger partial charge in [0.1, 0.15) is 5.82 Å². The second kappa shape index (κ2) is 7.31. The number of hydrogen-bond donors (Lipinski definition) is 1. The van der Waals surface area contributed by atoms with E-state index in [1.807, 2.05) is 35.9 Å². The number of aromatic nitrogens is 2. The van der Waals surface area contributed by atoms with Crippen molar-refractivity contribution in [1.29, 1.82) is 0 Å². The predicted octanol–water partition coefficient (Wildman–Crippen LogP) is 3.80. The summed E-state index contributed by atoms with van der Waals surface area (Å²) in [7, 11) is -1.42. The lowest BCUT2D eigenvalue weighted by molar-refractivity contribution is 0.102. The SMILES string of the molecule is Cc1ccccc1-n1nc(C(=O)Nc2ccc([S@@](C)=O)c(F)c2)c2c1CCC2. The average Bonchev–Trinajstić information content (AvgIpc) is 3.24. The molecule has 1 N–H and O–H groups in total. The first kappa shape index (κ1) is 18.6. The van der Waals surface area contributed by atoms with Gasteiger partial charge >= 0.3 is 0 Å². The lowest BCUT2D eigenvalue weighted by Gasteiger charge is -2.08. The van der Waals surface area contributed by atoms with Crippen LogP contribution in [0.1, 0.15) is 33.7 Å². The number of amides is 1. The zero-order valence-electron chi connectivity index (χ0n) is 15.7. The van der Waals surface area contributed by atoms with Crippen molar-refractivity contribution in [1.82, 2.24) is 9.78 Å². The van der Waals surface area contributed by atoms with Gasteiger partial charge in [0.2, 0.25) is 0 Å². The number of anilines is 1. The van der Waals surface area contributed by atoms with Gasteiger partial charge in [-0.2, -0.15) is 5.10 Å². The van der Waals surface area contributed by atoms with Crippen LogP contribution in [0.4, 0.5) is 10.1 Å². The summed E-state index contributed by atoms with van der Waals surface area (Å²) < 4.78 is 27.4. The lowest BCUT2D eigenvalue weighted by atomic mass is 10.1. The van der Waals surface area contributed by atoms with Crippen LogP contribution >= 0.6 is 0 Å². The largest absolute Gasteiger partial charge is 0.320 e. The molecule has 0 bridgehead atoms. The summed E-state index contributed by atoms with van der Waals surface area (Å²) in [6, 6.07) is 12.1.